The number of rotatable bonds is 3. The molecule has 2 heterocycles. The maximum Gasteiger partial charge on any atom is 0.260 e. The summed E-state index contributed by atoms with van der Waals surface area (Å²) in [7, 11) is 1.67. The molecule has 3 N–H and O–H groups in total. The molecule has 0 aliphatic rings. The molecule has 0 aromatic carbocycles. The quantitative estimate of drug-likeness (QED) is 0.831. The molecule has 5 nitrogen and oxygen atoms in total. The van der Waals surface area contributed by atoms with E-state index >= 15 is 0 Å². The highest BCUT2D eigenvalue weighted by Crippen LogP contribution is 2.16. The van der Waals surface area contributed by atoms with E-state index in [0.29, 0.717) is 13.1 Å². The normalized spacial score (nSPS) is 9.81. The summed E-state index contributed by atoms with van der Waals surface area (Å²) in [6.07, 6.45) is 1.50. The third-order valence-electron chi connectivity index (χ3n) is 2.78. The molecule has 1 amide bonds. The Morgan fingerprint density at radius 3 is 3.05 bits per heavy atom. The zero-order valence-electron chi connectivity index (χ0n) is 11.6. The third kappa shape index (κ3) is 3.81. The number of hydrogen-bond acceptors (Lipinski definition) is 4. The third-order valence-corrected chi connectivity index (χ3v) is 3.70. The van der Waals surface area contributed by atoms with Crippen molar-refractivity contribution in [1.29, 1.82) is 0 Å². The number of nitrogens with zero attached hydrogens (tertiary/aromatic N) is 1. The van der Waals surface area contributed by atoms with Crippen molar-refractivity contribution in [3.05, 3.63) is 56.1 Å². The van der Waals surface area contributed by atoms with Crippen LogP contribution in [0.1, 0.15) is 20.8 Å². The summed E-state index contributed by atoms with van der Waals surface area (Å²) < 4.78 is 0. The topological polar surface area (TPSA) is 79.2 Å². The molecule has 2 aromatic rings. The number of nitrogens with two attached hydrogens (primary N) is 1. The number of nitrogens with one attached hydrogen (secondary N) is 1. The molecule has 0 saturated heterocycles. The van der Waals surface area contributed by atoms with Crippen molar-refractivity contribution >= 4 is 17.2 Å². The van der Waals surface area contributed by atoms with Gasteiger partial charge < -0.3 is 15.6 Å². The Kier molecular flexibility index (Phi) is 4.93. The van der Waals surface area contributed by atoms with Gasteiger partial charge >= 0.3 is 0 Å². The van der Waals surface area contributed by atoms with Gasteiger partial charge in [-0.2, -0.15) is 0 Å². The number of carbonyl (C=O) groups is 1. The maximum absolute atomic E-state index is 12.2. The Bertz CT molecular complexity index is 752. The largest absolute Gasteiger partial charge is 0.336 e. The van der Waals surface area contributed by atoms with E-state index in [0.717, 1.165) is 10.4 Å². The number of aromatic nitrogens is 1. The fourth-order valence-corrected chi connectivity index (χ4v) is 2.65. The lowest BCUT2D eigenvalue weighted by Crippen LogP contribution is -2.30. The minimum absolute atomic E-state index is 0.139. The molecule has 2 aromatic heterocycles. The first-order chi connectivity index (χ1) is 10.1. The highest BCUT2D eigenvalue weighted by Gasteiger charge is 2.15. The monoisotopic (exact) mass is 301 g/mol. The highest BCUT2D eigenvalue weighted by molar-refractivity contribution is 7.10. The van der Waals surface area contributed by atoms with Crippen LogP contribution in [0.15, 0.2) is 34.6 Å². The van der Waals surface area contributed by atoms with Gasteiger partial charge in [0.05, 0.1) is 13.1 Å². The van der Waals surface area contributed by atoms with Gasteiger partial charge in [0.15, 0.2) is 0 Å². The van der Waals surface area contributed by atoms with Crippen molar-refractivity contribution in [2.24, 2.45) is 5.73 Å². The number of pyridine rings is 1. The van der Waals surface area contributed by atoms with Gasteiger partial charge in [-0.15, -0.1) is 11.3 Å². The average molecular weight is 301 g/mol. The smallest absolute Gasteiger partial charge is 0.260 e. The molecule has 0 radical (unpaired) electrons. The second kappa shape index (κ2) is 6.88. The van der Waals surface area contributed by atoms with Crippen LogP contribution in [0.3, 0.4) is 0 Å². The van der Waals surface area contributed by atoms with Crippen LogP contribution in [0, 0.1) is 11.8 Å². The second-order valence-corrected chi connectivity index (χ2v) is 5.38. The van der Waals surface area contributed by atoms with Gasteiger partial charge in [-0.05, 0) is 18.2 Å². The van der Waals surface area contributed by atoms with Crippen LogP contribution in [0.25, 0.3) is 0 Å². The van der Waals surface area contributed by atoms with Crippen LogP contribution in [0.5, 0.6) is 0 Å². The summed E-state index contributed by atoms with van der Waals surface area (Å²) in [5.74, 6) is 5.42. The van der Waals surface area contributed by atoms with E-state index < -0.39 is 0 Å². The minimum Gasteiger partial charge on any atom is -0.336 e. The number of carbonyl (C=O) groups excluding carboxylic acids is 1. The Hall–Kier alpha value is -2.36. The number of thiophene rings is 1. The predicted octanol–water partition coefficient (Wildman–Crippen LogP) is 1.02. The summed E-state index contributed by atoms with van der Waals surface area (Å²) in [4.78, 5) is 28.8. The van der Waals surface area contributed by atoms with Crippen LogP contribution in [-0.2, 0) is 6.54 Å². The molecule has 0 aliphatic carbocycles. The first-order valence-corrected chi connectivity index (χ1v) is 7.19. The number of amides is 1. The molecule has 0 atom stereocenters. The molecule has 6 heteroatoms. The number of H-pyrrole nitrogens is 1. The second-order valence-electron chi connectivity index (χ2n) is 4.38. The van der Waals surface area contributed by atoms with Crippen molar-refractivity contribution in [2.75, 3.05) is 13.6 Å². The summed E-state index contributed by atoms with van der Waals surface area (Å²) >= 11 is 1.52. The Morgan fingerprint density at radius 2 is 2.33 bits per heavy atom. The Labute approximate surface area is 126 Å². The van der Waals surface area contributed by atoms with E-state index in [1.807, 2.05) is 11.4 Å². The fourth-order valence-electron chi connectivity index (χ4n) is 1.78. The van der Waals surface area contributed by atoms with Crippen molar-refractivity contribution in [3.63, 3.8) is 0 Å². The van der Waals surface area contributed by atoms with E-state index in [9.17, 15) is 9.59 Å². The summed E-state index contributed by atoms with van der Waals surface area (Å²) in [5.41, 5.74) is 5.97. The fraction of sp³-hybridized carbons (Fsp3) is 0.200. The molecule has 21 heavy (non-hydrogen) atoms. The molecule has 0 saturated carbocycles. The molecule has 108 valence electrons. The van der Waals surface area contributed by atoms with Crippen LogP contribution < -0.4 is 11.3 Å². The van der Waals surface area contributed by atoms with Gasteiger partial charge in [-0.3, -0.25) is 9.59 Å². The minimum atomic E-state index is -0.380. The SMILES string of the molecule is CN(Cc1cc(C#CCN)cs1)C(=O)c1ccc[nH]c1=O. The van der Waals surface area contributed by atoms with E-state index in [2.05, 4.69) is 16.8 Å². The number of aromatic amines is 1. The maximum atomic E-state index is 12.2. The van der Waals surface area contributed by atoms with Gasteiger partial charge in [0.25, 0.3) is 11.5 Å². The average Bonchev–Trinajstić information content (AvgIpc) is 2.92. The zero-order chi connectivity index (χ0) is 15.2. The molecular weight excluding hydrogens is 286 g/mol. The molecule has 0 bridgehead atoms. The lowest BCUT2D eigenvalue weighted by atomic mass is 10.2. The predicted molar refractivity (Wildman–Crippen MR) is 83.1 cm³/mol. The van der Waals surface area contributed by atoms with Crippen LogP contribution in [-0.4, -0.2) is 29.4 Å². The molecule has 2 rings (SSSR count). The van der Waals surface area contributed by atoms with Gasteiger partial charge in [-0.25, -0.2) is 0 Å². The van der Waals surface area contributed by atoms with Crippen LogP contribution in [0.4, 0.5) is 0 Å². The first-order valence-electron chi connectivity index (χ1n) is 6.31. The van der Waals surface area contributed by atoms with Crippen LogP contribution in [0.2, 0.25) is 0 Å². The summed E-state index contributed by atoms with van der Waals surface area (Å²) in [6, 6.07) is 5.07. The molecular formula is C15H15N3O2S. The van der Waals surface area contributed by atoms with Crippen molar-refractivity contribution < 1.29 is 4.79 Å². The van der Waals surface area contributed by atoms with Gasteiger partial charge in [0, 0.05) is 29.1 Å². The van der Waals surface area contributed by atoms with Crippen molar-refractivity contribution in [3.8, 4) is 11.8 Å². The summed E-state index contributed by atoms with van der Waals surface area (Å²) in [5, 5.41) is 1.92. The molecule has 0 fully saturated rings. The summed E-state index contributed by atoms with van der Waals surface area (Å²) in [6.45, 7) is 0.752. The van der Waals surface area contributed by atoms with Gasteiger partial charge in [-0.1, -0.05) is 11.8 Å². The Balaban J connectivity index is 2.09. The van der Waals surface area contributed by atoms with Crippen molar-refractivity contribution in [2.45, 2.75) is 6.54 Å². The van der Waals surface area contributed by atoms with Gasteiger partial charge in [0.1, 0.15) is 5.56 Å². The zero-order valence-corrected chi connectivity index (χ0v) is 12.4. The molecule has 0 unspecified atom stereocenters. The molecule has 0 aliphatic heterocycles. The lowest BCUT2D eigenvalue weighted by Gasteiger charge is -2.15. The van der Waals surface area contributed by atoms with E-state index in [1.54, 1.807) is 13.1 Å². The lowest BCUT2D eigenvalue weighted by molar-refractivity contribution is 0.0784. The van der Waals surface area contributed by atoms with E-state index in [4.69, 9.17) is 5.73 Å². The van der Waals surface area contributed by atoms with E-state index in [-0.39, 0.29) is 17.0 Å². The van der Waals surface area contributed by atoms with Gasteiger partial charge in [0.2, 0.25) is 0 Å². The van der Waals surface area contributed by atoms with Crippen molar-refractivity contribution in [1.82, 2.24) is 9.88 Å². The number of hydrogen-bond donors (Lipinski definition) is 2. The molecule has 0 spiro atoms. The Morgan fingerprint density at radius 1 is 1.52 bits per heavy atom. The van der Waals surface area contributed by atoms with E-state index in [1.165, 1.54) is 28.5 Å². The highest BCUT2D eigenvalue weighted by atomic mass is 32.1. The standard InChI is InChI=1S/C15H15N3O2S/c1-18(15(20)13-5-3-7-17-14(13)19)9-12-8-11(10-21-12)4-2-6-16/h3,5,7-8,10H,6,9,16H2,1H3,(H,17,19). The first kappa shape index (κ1) is 15.0. The van der Waals surface area contributed by atoms with Crippen LogP contribution >= 0.6 is 11.3 Å².